The lowest BCUT2D eigenvalue weighted by molar-refractivity contribution is -0.138. The molecule has 3 N–H and O–H groups in total. The third-order valence-corrected chi connectivity index (χ3v) is 5.36. The molecule has 0 aliphatic heterocycles. The lowest BCUT2D eigenvalue weighted by Crippen LogP contribution is -2.29. The number of carbonyl (C=O) groups is 1. The monoisotopic (exact) mass is 369 g/mol. The highest BCUT2D eigenvalue weighted by atomic mass is 16.4. The van der Waals surface area contributed by atoms with E-state index in [-0.39, 0.29) is 0 Å². The summed E-state index contributed by atoms with van der Waals surface area (Å²) in [5, 5.41) is 8.71. The Morgan fingerprint density at radius 3 is 1.15 bits per heavy atom. The Hall–Kier alpha value is -0.570. The molecule has 1 atom stereocenters. The van der Waals surface area contributed by atoms with Crippen molar-refractivity contribution in [2.45, 2.75) is 135 Å². The van der Waals surface area contributed by atoms with E-state index in [1.165, 1.54) is 96.3 Å². The molecule has 0 radical (unpaired) electrons. The van der Waals surface area contributed by atoms with Gasteiger partial charge in [0.1, 0.15) is 6.04 Å². The van der Waals surface area contributed by atoms with Crippen molar-refractivity contribution in [3.8, 4) is 0 Å². The quantitative estimate of drug-likeness (QED) is 0.225. The second kappa shape index (κ2) is 19.2. The third-order valence-electron chi connectivity index (χ3n) is 5.36. The molecule has 0 saturated carbocycles. The van der Waals surface area contributed by atoms with Crippen LogP contribution < -0.4 is 5.73 Å². The fourth-order valence-corrected chi connectivity index (χ4v) is 3.52. The molecule has 0 aromatic carbocycles. The molecule has 0 aliphatic rings. The van der Waals surface area contributed by atoms with Gasteiger partial charge in [0, 0.05) is 0 Å². The van der Waals surface area contributed by atoms with Crippen molar-refractivity contribution >= 4 is 5.97 Å². The van der Waals surface area contributed by atoms with Crippen molar-refractivity contribution in [3.05, 3.63) is 0 Å². The average molecular weight is 370 g/mol. The zero-order valence-corrected chi connectivity index (χ0v) is 17.8. The maximum absolute atomic E-state index is 10.6. The van der Waals surface area contributed by atoms with Gasteiger partial charge in [0.15, 0.2) is 0 Å². The fourth-order valence-electron chi connectivity index (χ4n) is 3.52. The molecule has 0 bridgehead atoms. The van der Waals surface area contributed by atoms with Crippen LogP contribution in [0.5, 0.6) is 0 Å². The van der Waals surface area contributed by atoms with Crippen molar-refractivity contribution in [2.24, 2.45) is 11.7 Å². The maximum Gasteiger partial charge on any atom is 0.320 e. The van der Waals surface area contributed by atoms with Crippen LogP contribution in [0.4, 0.5) is 0 Å². The van der Waals surface area contributed by atoms with E-state index in [1.54, 1.807) is 0 Å². The summed E-state index contributed by atoms with van der Waals surface area (Å²) < 4.78 is 0. The van der Waals surface area contributed by atoms with Crippen molar-refractivity contribution in [3.63, 3.8) is 0 Å². The first-order valence-electron chi connectivity index (χ1n) is 11.5. The molecular weight excluding hydrogens is 322 g/mol. The third kappa shape index (κ3) is 19.8. The summed E-state index contributed by atoms with van der Waals surface area (Å²) in [7, 11) is 0. The molecule has 0 fully saturated rings. The molecule has 0 spiro atoms. The van der Waals surface area contributed by atoms with E-state index in [1.807, 2.05) is 0 Å². The number of aliphatic carboxylic acids is 1. The van der Waals surface area contributed by atoms with Crippen LogP contribution in [0.1, 0.15) is 129 Å². The van der Waals surface area contributed by atoms with E-state index in [0.29, 0.717) is 6.42 Å². The van der Waals surface area contributed by atoms with E-state index in [2.05, 4.69) is 13.8 Å². The first kappa shape index (κ1) is 25.4. The number of hydrogen-bond acceptors (Lipinski definition) is 2. The highest BCUT2D eigenvalue weighted by Crippen LogP contribution is 2.15. The Kier molecular flexibility index (Phi) is 18.8. The lowest BCUT2D eigenvalue weighted by Gasteiger charge is -2.06. The molecule has 0 aromatic heterocycles. The Bertz CT molecular complexity index is 305. The molecule has 0 heterocycles. The minimum atomic E-state index is -0.869. The van der Waals surface area contributed by atoms with Crippen molar-refractivity contribution in [1.29, 1.82) is 0 Å². The Balaban J connectivity index is 3.06. The van der Waals surface area contributed by atoms with Gasteiger partial charge in [0.2, 0.25) is 0 Å². The van der Waals surface area contributed by atoms with E-state index >= 15 is 0 Å². The van der Waals surface area contributed by atoms with Crippen LogP contribution in [0, 0.1) is 5.92 Å². The number of hydrogen-bond donors (Lipinski definition) is 2. The molecular formula is C23H47NO2. The van der Waals surface area contributed by atoms with Crippen LogP contribution in [0.3, 0.4) is 0 Å². The van der Waals surface area contributed by atoms with E-state index < -0.39 is 12.0 Å². The zero-order valence-electron chi connectivity index (χ0n) is 17.8. The molecule has 0 aromatic rings. The summed E-state index contributed by atoms with van der Waals surface area (Å²) in [5.74, 6) is 0.00405. The highest BCUT2D eigenvalue weighted by Gasteiger charge is 2.09. The first-order valence-corrected chi connectivity index (χ1v) is 11.5. The van der Waals surface area contributed by atoms with Gasteiger partial charge in [-0.05, 0) is 12.3 Å². The Morgan fingerprint density at radius 2 is 0.885 bits per heavy atom. The van der Waals surface area contributed by atoms with Crippen molar-refractivity contribution in [2.75, 3.05) is 0 Å². The Morgan fingerprint density at radius 1 is 0.615 bits per heavy atom. The second-order valence-corrected chi connectivity index (χ2v) is 8.57. The van der Waals surface area contributed by atoms with Gasteiger partial charge in [-0.25, -0.2) is 0 Å². The topological polar surface area (TPSA) is 63.3 Å². The minimum absolute atomic E-state index is 0.618. The molecule has 0 rings (SSSR count). The van der Waals surface area contributed by atoms with Gasteiger partial charge in [0.05, 0.1) is 0 Å². The smallest absolute Gasteiger partial charge is 0.320 e. The lowest BCUT2D eigenvalue weighted by atomic mass is 10.0. The van der Waals surface area contributed by atoms with E-state index in [0.717, 1.165) is 18.8 Å². The zero-order chi connectivity index (χ0) is 19.5. The number of unbranched alkanes of at least 4 members (excludes halogenated alkanes) is 15. The predicted octanol–water partition coefficient (Wildman–Crippen LogP) is 7.08. The van der Waals surface area contributed by atoms with Gasteiger partial charge in [0.25, 0.3) is 0 Å². The molecule has 26 heavy (non-hydrogen) atoms. The second-order valence-electron chi connectivity index (χ2n) is 8.57. The van der Waals surface area contributed by atoms with Crippen LogP contribution in [-0.2, 0) is 4.79 Å². The molecule has 1 unspecified atom stereocenters. The van der Waals surface area contributed by atoms with Crippen molar-refractivity contribution in [1.82, 2.24) is 0 Å². The van der Waals surface area contributed by atoms with Gasteiger partial charge in [-0.15, -0.1) is 0 Å². The highest BCUT2D eigenvalue weighted by molar-refractivity contribution is 5.72. The molecule has 0 aliphatic carbocycles. The van der Waals surface area contributed by atoms with Gasteiger partial charge in [-0.2, -0.15) is 0 Å². The normalized spacial score (nSPS) is 12.6. The maximum atomic E-state index is 10.6. The van der Waals surface area contributed by atoms with Crippen LogP contribution >= 0.6 is 0 Å². The number of rotatable bonds is 20. The molecule has 3 heteroatoms. The number of carboxylic acid groups (broad SMARTS) is 1. The number of carboxylic acids is 1. The number of nitrogens with two attached hydrogens (primary N) is 1. The van der Waals surface area contributed by atoms with E-state index in [9.17, 15) is 4.79 Å². The molecule has 156 valence electrons. The summed E-state index contributed by atoms with van der Waals surface area (Å²) in [6.07, 6.45) is 23.6. The van der Waals surface area contributed by atoms with Crippen LogP contribution in [0.2, 0.25) is 0 Å². The van der Waals surface area contributed by atoms with Gasteiger partial charge >= 0.3 is 5.97 Å². The van der Waals surface area contributed by atoms with E-state index in [4.69, 9.17) is 10.8 Å². The van der Waals surface area contributed by atoms with Gasteiger partial charge in [-0.3, -0.25) is 4.79 Å². The summed E-state index contributed by atoms with van der Waals surface area (Å²) in [4.78, 5) is 10.6. The largest absolute Gasteiger partial charge is 0.480 e. The first-order chi connectivity index (χ1) is 12.5. The van der Waals surface area contributed by atoms with Crippen molar-refractivity contribution < 1.29 is 9.90 Å². The fraction of sp³-hybridized carbons (Fsp3) is 0.957. The summed E-state index contributed by atoms with van der Waals surface area (Å²) >= 11 is 0. The SMILES string of the molecule is CC(C)CCCCCCCCCCCCCCCCCCC(N)C(=O)O. The van der Waals surface area contributed by atoms with Gasteiger partial charge in [-0.1, -0.05) is 123 Å². The van der Waals surface area contributed by atoms with Crippen LogP contribution in [0.25, 0.3) is 0 Å². The minimum Gasteiger partial charge on any atom is -0.480 e. The van der Waals surface area contributed by atoms with Crippen LogP contribution in [0.15, 0.2) is 0 Å². The summed E-state index contributed by atoms with van der Waals surface area (Å²) in [6, 6.07) is -0.667. The summed E-state index contributed by atoms with van der Waals surface area (Å²) in [6.45, 7) is 4.64. The molecule has 0 amide bonds. The molecule has 0 saturated heterocycles. The summed E-state index contributed by atoms with van der Waals surface area (Å²) in [5.41, 5.74) is 5.49. The van der Waals surface area contributed by atoms with Crippen LogP contribution in [-0.4, -0.2) is 17.1 Å². The van der Waals surface area contributed by atoms with Gasteiger partial charge < -0.3 is 10.8 Å². The standard InChI is InChI=1S/C23H47NO2/c1-21(2)19-17-15-13-11-9-7-5-3-4-6-8-10-12-14-16-18-20-22(24)23(25)26/h21-22H,3-20,24H2,1-2H3,(H,25,26). The average Bonchev–Trinajstić information content (AvgIpc) is 2.60. The Labute approximate surface area is 163 Å². The predicted molar refractivity (Wildman–Crippen MR) is 114 cm³/mol. The molecule has 3 nitrogen and oxygen atoms in total.